The number of nitrogens with one attached hydrogen (secondary N) is 1. The minimum absolute atomic E-state index is 0.0404. The number of anilines is 1. The molecule has 5 N–H and O–H groups in total. The van der Waals surface area contributed by atoms with Gasteiger partial charge in [-0.05, 0) is 36.2 Å². The molecule has 0 aliphatic heterocycles. The Morgan fingerprint density at radius 3 is 2.73 bits per heavy atom. The summed E-state index contributed by atoms with van der Waals surface area (Å²) in [5.41, 5.74) is 13.3. The molecule has 154 valence electrons. The van der Waals surface area contributed by atoms with E-state index in [9.17, 15) is 14.0 Å². The number of rotatable bonds is 6. The number of amides is 2. The Balaban J connectivity index is 1.74. The normalized spacial score (nSPS) is 10.6. The van der Waals surface area contributed by atoms with Crippen molar-refractivity contribution in [2.75, 3.05) is 5.73 Å². The van der Waals surface area contributed by atoms with Crippen LogP contribution in [0.15, 0.2) is 42.6 Å². The fraction of sp³-hybridized carbons (Fsp3) is 0.143. The highest BCUT2D eigenvalue weighted by molar-refractivity contribution is 6.32. The first-order valence-electron chi connectivity index (χ1n) is 8.98. The molecular weight excluding hydrogens is 409 g/mol. The van der Waals surface area contributed by atoms with E-state index < -0.39 is 11.7 Å². The predicted octanol–water partition coefficient (Wildman–Crippen LogP) is 2.78. The minimum Gasteiger partial charge on any atom is -0.382 e. The van der Waals surface area contributed by atoms with Crippen LogP contribution in [0.2, 0.25) is 5.02 Å². The van der Waals surface area contributed by atoms with E-state index in [0.29, 0.717) is 17.7 Å². The van der Waals surface area contributed by atoms with Crippen LogP contribution in [0.1, 0.15) is 43.2 Å². The summed E-state index contributed by atoms with van der Waals surface area (Å²) in [6.45, 7) is 1.72. The number of aryl methyl sites for hydroxylation is 1. The van der Waals surface area contributed by atoms with Gasteiger partial charge in [-0.2, -0.15) is 0 Å². The van der Waals surface area contributed by atoms with Crippen LogP contribution in [0.4, 0.5) is 10.2 Å². The van der Waals surface area contributed by atoms with Crippen LogP contribution in [-0.4, -0.2) is 21.8 Å². The molecule has 2 amide bonds. The molecule has 0 radical (unpaired) electrons. The fourth-order valence-corrected chi connectivity index (χ4v) is 3.10. The van der Waals surface area contributed by atoms with E-state index in [1.165, 1.54) is 12.3 Å². The second kappa shape index (κ2) is 8.87. The highest BCUT2D eigenvalue weighted by atomic mass is 35.5. The van der Waals surface area contributed by atoms with E-state index in [4.69, 9.17) is 23.1 Å². The lowest BCUT2D eigenvalue weighted by Crippen LogP contribution is -2.23. The molecule has 0 aliphatic rings. The molecule has 1 aromatic heterocycles. The van der Waals surface area contributed by atoms with Crippen LogP contribution in [0, 0.1) is 12.7 Å². The van der Waals surface area contributed by atoms with Gasteiger partial charge in [0.1, 0.15) is 5.82 Å². The van der Waals surface area contributed by atoms with E-state index in [1.807, 2.05) is 0 Å². The van der Waals surface area contributed by atoms with Crippen molar-refractivity contribution in [2.45, 2.75) is 19.9 Å². The molecule has 3 rings (SSSR count). The van der Waals surface area contributed by atoms with Gasteiger partial charge in [0.05, 0.1) is 16.9 Å². The van der Waals surface area contributed by atoms with Crippen molar-refractivity contribution < 1.29 is 14.0 Å². The summed E-state index contributed by atoms with van der Waals surface area (Å²) in [5, 5.41) is 2.97. The molecule has 0 bridgehead atoms. The molecule has 0 spiro atoms. The number of halogens is 2. The second-order valence-electron chi connectivity index (χ2n) is 6.68. The van der Waals surface area contributed by atoms with Crippen molar-refractivity contribution in [1.82, 2.24) is 15.3 Å². The number of benzene rings is 2. The molecule has 0 aliphatic carbocycles. The highest BCUT2D eigenvalue weighted by Gasteiger charge is 2.14. The van der Waals surface area contributed by atoms with Crippen LogP contribution in [-0.2, 0) is 13.0 Å². The quantitative estimate of drug-likeness (QED) is 0.558. The minimum atomic E-state index is -0.767. The summed E-state index contributed by atoms with van der Waals surface area (Å²) in [6.07, 6.45) is 1.75. The van der Waals surface area contributed by atoms with Crippen molar-refractivity contribution in [2.24, 2.45) is 5.73 Å². The summed E-state index contributed by atoms with van der Waals surface area (Å²) in [7, 11) is 0. The Bertz CT molecular complexity index is 1140. The lowest BCUT2D eigenvalue weighted by Gasteiger charge is -2.11. The average molecular weight is 428 g/mol. The number of primary amides is 1. The molecule has 3 aromatic rings. The summed E-state index contributed by atoms with van der Waals surface area (Å²) < 4.78 is 14.0. The average Bonchev–Trinajstić information content (AvgIpc) is 2.72. The van der Waals surface area contributed by atoms with Crippen LogP contribution in [0.25, 0.3) is 0 Å². The number of carbonyl (C=O) groups is 2. The molecule has 0 saturated carbocycles. The third-order valence-electron chi connectivity index (χ3n) is 4.46. The van der Waals surface area contributed by atoms with Crippen molar-refractivity contribution in [3.63, 3.8) is 0 Å². The van der Waals surface area contributed by atoms with Crippen molar-refractivity contribution in [3.05, 3.63) is 87.1 Å². The first-order chi connectivity index (χ1) is 14.3. The molecule has 7 nitrogen and oxygen atoms in total. The standard InChI is InChI=1S/C21H19ClFN5O2/c1-11-5-6-16(23)15(17(11)22)10-27-21(30)13-4-2-3-12(7-13)8-14-9-26-19(24)18(28-14)20(25)29/h2-7,9H,8,10H2,1H3,(H2,24,26)(H2,25,29)(H,27,30). The van der Waals surface area contributed by atoms with Crippen molar-refractivity contribution in [1.29, 1.82) is 0 Å². The van der Waals surface area contributed by atoms with Gasteiger partial charge in [-0.1, -0.05) is 29.8 Å². The van der Waals surface area contributed by atoms with Gasteiger partial charge in [0.25, 0.3) is 11.8 Å². The summed E-state index contributed by atoms with van der Waals surface area (Å²) in [4.78, 5) is 32.0. The number of nitrogens with zero attached hydrogens (tertiary/aromatic N) is 2. The maximum Gasteiger partial charge on any atom is 0.271 e. The molecule has 2 aromatic carbocycles. The Hall–Kier alpha value is -3.52. The zero-order chi connectivity index (χ0) is 21.8. The maximum atomic E-state index is 14.0. The third-order valence-corrected chi connectivity index (χ3v) is 4.99. The largest absolute Gasteiger partial charge is 0.382 e. The van der Waals surface area contributed by atoms with Crippen LogP contribution >= 0.6 is 11.6 Å². The molecule has 9 heteroatoms. The zero-order valence-corrected chi connectivity index (χ0v) is 16.8. The van der Waals surface area contributed by atoms with Gasteiger partial charge in [0.15, 0.2) is 11.5 Å². The van der Waals surface area contributed by atoms with E-state index in [0.717, 1.165) is 11.1 Å². The number of hydrogen-bond donors (Lipinski definition) is 3. The predicted molar refractivity (Wildman–Crippen MR) is 112 cm³/mol. The summed E-state index contributed by atoms with van der Waals surface area (Å²) >= 11 is 6.14. The summed E-state index contributed by atoms with van der Waals surface area (Å²) in [6, 6.07) is 9.72. The molecule has 1 heterocycles. The van der Waals surface area contributed by atoms with Gasteiger partial charge in [-0.25, -0.2) is 14.4 Å². The third kappa shape index (κ3) is 4.72. The molecule has 0 saturated heterocycles. The van der Waals surface area contributed by atoms with E-state index in [2.05, 4.69) is 15.3 Å². The summed E-state index contributed by atoms with van der Waals surface area (Å²) in [5.74, 6) is -1.67. The van der Waals surface area contributed by atoms with Crippen LogP contribution in [0.3, 0.4) is 0 Å². The number of aromatic nitrogens is 2. The molecule has 0 unspecified atom stereocenters. The molecular formula is C21H19ClFN5O2. The number of carbonyl (C=O) groups excluding carboxylic acids is 2. The highest BCUT2D eigenvalue weighted by Crippen LogP contribution is 2.23. The number of nitrogen functional groups attached to an aromatic ring is 1. The van der Waals surface area contributed by atoms with Gasteiger partial charge in [-0.15, -0.1) is 0 Å². The second-order valence-corrected chi connectivity index (χ2v) is 7.05. The van der Waals surface area contributed by atoms with Gasteiger partial charge >= 0.3 is 0 Å². The van der Waals surface area contributed by atoms with E-state index in [1.54, 1.807) is 37.3 Å². The van der Waals surface area contributed by atoms with E-state index in [-0.39, 0.29) is 34.5 Å². The van der Waals surface area contributed by atoms with Gasteiger partial charge in [0, 0.05) is 24.1 Å². The monoisotopic (exact) mass is 427 g/mol. The topological polar surface area (TPSA) is 124 Å². The fourth-order valence-electron chi connectivity index (χ4n) is 2.88. The molecule has 30 heavy (non-hydrogen) atoms. The Kier molecular flexibility index (Phi) is 6.27. The lowest BCUT2D eigenvalue weighted by molar-refractivity contribution is 0.0949. The molecule has 0 atom stereocenters. The maximum absolute atomic E-state index is 14.0. The van der Waals surface area contributed by atoms with Gasteiger partial charge in [0.2, 0.25) is 0 Å². The first kappa shape index (κ1) is 21.2. The Morgan fingerprint density at radius 1 is 1.23 bits per heavy atom. The molecule has 0 fully saturated rings. The lowest BCUT2D eigenvalue weighted by atomic mass is 10.1. The van der Waals surface area contributed by atoms with Gasteiger partial charge < -0.3 is 16.8 Å². The number of hydrogen-bond acceptors (Lipinski definition) is 5. The SMILES string of the molecule is Cc1ccc(F)c(CNC(=O)c2cccc(Cc3cnc(N)c(C(N)=O)n3)c2)c1Cl. The zero-order valence-electron chi connectivity index (χ0n) is 16.1. The van der Waals surface area contributed by atoms with Crippen molar-refractivity contribution >= 4 is 29.2 Å². The first-order valence-corrected chi connectivity index (χ1v) is 9.36. The number of nitrogens with two attached hydrogens (primary N) is 2. The van der Waals surface area contributed by atoms with Gasteiger partial charge in [-0.3, -0.25) is 9.59 Å². The van der Waals surface area contributed by atoms with E-state index >= 15 is 0 Å². The van der Waals surface area contributed by atoms with Crippen molar-refractivity contribution in [3.8, 4) is 0 Å². The smallest absolute Gasteiger partial charge is 0.271 e. The van der Waals surface area contributed by atoms with Crippen LogP contribution in [0.5, 0.6) is 0 Å². The van der Waals surface area contributed by atoms with Crippen LogP contribution < -0.4 is 16.8 Å². The Morgan fingerprint density at radius 2 is 2.00 bits per heavy atom. The Labute approximate surface area is 177 Å².